The lowest BCUT2D eigenvalue weighted by molar-refractivity contribution is 0.0589. The first-order valence-electron chi connectivity index (χ1n) is 6.55. The Morgan fingerprint density at radius 2 is 2.37 bits per heavy atom. The summed E-state index contributed by atoms with van der Waals surface area (Å²) in [6.45, 7) is 3.21. The largest absolute Gasteiger partial charge is 0.383 e. The molecular formula is C14H19ClN2O2. The van der Waals surface area contributed by atoms with Crippen molar-refractivity contribution in [1.82, 2.24) is 9.88 Å². The predicted octanol–water partition coefficient (Wildman–Crippen LogP) is 2.62. The zero-order valence-electron chi connectivity index (χ0n) is 11.3. The van der Waals surface area contributed by atoms with E-state index in [1.807, 2.05) is 4.90 Å². The van der Waals surface area contributed by atoms with E-state index in [0.717, 1.165) is 0 Å². The van der Waals surface area contributed by atoms with E-state index < -0.39 is 0 Å². The summed E-state index contributed by atoms with van der Waals surface area (Å²) in [6.07, 6.45) is 3.95. The average Bonchev–Trinajstić information content (AvgIpc) is 3.23. The van der Waals surface area contributed by atoms with Crippen molar-refractivity contribution in [2.75, 3.05) is 20.3 Å². The molecule has 1 atom stereocenters. The van der Waals surface area contributed by atoms with Gasteiger partial charge >= 0.3 is 0 Å². The maximum atomic E-state index is 12.5. The summed E-state index contributed by atoms with van der Waals surface area (Å²) in [5, 5.41) is 0.532. The van der Waals surface area contributed by atoms with Crippen LogP contribution in [0.4, 0.5) is 0 Å². The number of pyridine rings is 1. The van der Waals surface area contributed by atoms with Gasteiger partial charge in [-0.15, -0.1) is 0 Å². The van der Waals surface area contributed by atoms with Gasteiger partial charge in [0.05, 0.1) is 6.61 Å². The minimum absolute atomic E-state index is 0.0704. The lowest BCUT2D eigenvalue weighted by Crippen LogP contribution is -2.42. The van der Waals surface area contributed by atoms with Gasteiger partial charge in [-0.05, 0) is 37.8 Å². The molecule has 1 unspecified atom stereocenters. The number of aromatic nitrogens is 1. The van der Waals surface area contributed by atoms with Crippen LogP contribution < -0.4 is 0 Å². The standard InChI is InChI=1S/C14H19ClN2O2/c1-10(11-3-4-11)17(7-8-19-2)14(18)13-9-12(15)5-6-16-13/h5-6,9-11H,3-4,7-8H2,1-2H3. The molecule has 2 rings (SSSR count). The Kier molecular flexibility index (Phi) is 4.77. The van der Waals surface area contributed by atoms with E-state index in [2.05, 4.69) is 11.9 Å². The van der Waals surface area contributed by atoms with Crippen LogP contribution in [0.1, 0.15) is 30.3 Å². The molecule has 1 aromatic heterocycles. The topological polar surface area (TPSA) is 42.4 Å². The maximum absolute atomic E-state index is 12.5. The van der Waals surface area contributed by atoms with Crippen molar-refractivity contribution in [2.45, 2.75) is 25.8 Å². The summed E-state index contributed by atoms with van der Waals surface area (Å²) in [7, 11) is 1.64. The fraction of sp³-hybridized carbons (Fsp3) is 0.571. The first-order chi connectivity index (χ1) is 9.13. The number of carbonyl (C=O) groups excluding carboxylic acids is 1. The number of rotatable bonds is 6. The monoisotopic (exact) mass is 282 g/mol. The van der Waals surface area contributed by atoms with Gasteiger partial charge in [-0.1, -0.05) is 11.6 Å². The van der Waals surface area contributed by atoms with Gasteiger partial charge in [-0.2, -0.15) is 0 Å². The molecular weight excluding hydrogens is 264 g/mol. The Labute approximate surface area is 118 Å². The third-order valence-electron chi connectivity index (χ3n) is 3.53. The third kappa shape index (κ3) is 3.67. The van der Waals surface area contributed by atoms with Crippen molar-refractivity contribution in [2.24, 2.45) is 5.92 Å². The molecule has 0 aromatic carbocycles. The average molecular weight is 283 g/mol. The highest BCUT2D eigenvalue weighted by molar-refractivity contribution is 6.30. The lowest BCUT2D eigenvalue weighted by atomic mass is 10.1. The molecule has 1 fully saturated rings. The molecule has 0 saturated heterocycles. The number of hydrogen-bond donors (Lipinski definition) is 0. The molecule has 104 valence electrons. The van der Waals surface area contributed by atoms with Gasteiger partial charge in [-0.25, -0.2) is 0 Å². The van der Waals surface area contributed by atoms with Crippen molar-refractivity contribution in [1.29, 1.82) is 0 Å². The number of ether oxygens (including phenoxy) is 1. The van der Waals surface area contributed by atoms with E-state index in [9.17, 15) is 4.79 Å². The molecule has 1 saturated carbocycles. The second-order valence-electron chi connectivity index (χ2n) is 4.93. The van der Waals surface area contributed by atoms with Gasteiger partial charge in [0.1, 0.15) is 5.69 Å². The van der Waals surface area contributed by atoms with E-state index in [4.69, 9.17) is 16.3 Å². The molecule has 1 amide bonds. The third-order valence-corrected chi connectivity index (χ3v) is 3.77. The quantitative estimate of drug-likeness (QED) is 0.805. The fourth-order valence-electron chi connectivity index (χ4n) is 2.18. The summed E-state index contributed by atoms with van der Waals surface area (Å²) in [4.78, 5) is 18.5. The maximum Gasteiger partial charge on any atom is 0.272 e. The normalized spacial score (nSPS) is 16.2. The number of nitrogens with zero attached hydrogens (tertiary/aromatic N) is 2. The smallest absolute Gasteiger partial charge is 0.272 e. The van der Waals surface area contributed by atoms with Crippen LogP contribution in [0.15, 0.2) is 18.3 Å². The summed E-state index contributed by atoms with van der Waals surface area (Å²) in [5.74, 6) is 0.541. The highest BCUT2D eigenvalue weighted by atomic mass is 35.5. The van der Waals surface area contributed by atoms with Crippen LogP contribution in [-0.2, 0) is 4.74 Å². The van der Waals surface area contributed by atoms with E-state index in [1.54, 1.807) is 25.4 Å². The van der Waals surface area contributed by atoms with Gasteiger partial charge in [0.25, 0.3) is 5.91 Å². The fourth-order valence-corrected chi connectivity index (χ4v) is 2.34. The highest BCUT2D eigenvalue weighted by Gasteiger charge is 2.34. The van der Waals surface area contributed by atoms with Crippen molar-refractivity contribution >= 4 is 17.5 Å². The van der Waals surface area contributed by atoms with Crippen LogP contribution in [0, 0.1) is 5.92 Å². The summed E-state index contributed by atoms with van der Waals surface area (Å²) < 4.78 is 5.09. The van der Waals surface area contributed by atoms with Gasteiger partial charge in [0.15, 0.2) is 0 Å². The Hall–Kier alpha value is -1.13. The highest BCUT2D eigenvalue weighted by Crippen LogP contribution is 2.35. The molecule has 0 N–H and O–H groups in total. The molecule has 0 spiro atoms. The molecule has 1 heterocycles. The number of amides is 1. The molecule has 4 nitrogen and oxygen atoms in total. The molecule has 0 aliphatic heterocycles. The number of halogens is 1. The SMILES string of the molecule is COCCN(C(=O)c1cc(Cl)ccn1)C(C)C1CC1. The van der Waals surface area contributed by atoms with Crippen LogP contribution >= 0.6 is 11.6 Å². The van der Waals surface area contributed by atoms with Crippen molar-refractivity contribution in [3.8, 4) is 0 Å². The van der Waals surface area contributed by atoms with Crippen molar-refractivity contribution < 1.29 is 9.53 Å². The van der Waals surface area contributed by atoms with Gasteiger partial charge in [0, 0.05) is 30.9 Å². The van der Waals surface area contributed by atoms with Crippen LogP contribution in [-0.4, -0.2) is 42.1 Å². The molecule has 1 aliphatic carbocycles. The van der Waals surface area contributed by atoms with Crippen molar-refractivity contribution in [3.63, 3.8) is 0 Å². The van der Waals surface area contributed by atoms with E-state index >= 15 is 0 Å². The summed E-state index contributed by atoms with van der Waals surface area (Å²) in [5.41, 5.74) is 0.399. The second kappa shape index (κ2) is 6.35. The predicted molar refractivity (Wildman–Crippen MR) is 74.3 cm³/mol. The first-order valence-corrected chi connectivity index (χ1v) is 6.92. The van der Waals surface area contributed by atoms with Crippen LogP contribution in [0.3, 0.4) is 0 Å². The molecule has 0 bridgehead atoms. The minimum atomic E-state index is -0.0704. The summed E-state index contributed by atoms with van der Waals surface area (Å²) in [6, 6.07) is 3.51. The Morgan fingerprint density at radius 3 is 2.95 bits per heavy atom. The second-order valence-corrected chi connectivity index (χ2v) is 5.37. The van der Waals surface area contributed by atoms with Crippen LogP contribution in [0.2, 0.25) is 5.02 Å². The molecule has 19 heavy (non-hydrogen) atoms. The van der Waals surface area contributed by atoms with E-state index in [0.29, 0.717) is 29.8 Å². The van der Waals surface area contributed by atoms with Gasteiger partial charge in [0.2, 0.25) is 0 Å². The molecule has 5 heteroatoms. The molecule has 1 aromatic rings. The zero-order valence-corrected chi connectivity index (χ0v) is 12.1. The Morgan fingerprint density at radius 1 is 1.63 bits per heavy atom. The van der Waals surface area contributed by atoms with Crippen molar-refractivity contribution in [3.05, 3.63) is 29.0 Å². The number of methoxy groups -OCH3 is 1. The minimum Gasteiger partial charge on any atom is -0.383 e. The first kappa shape index (κ1) is 14.3. The van der Waals surface area contributed by atoms with Crippen LogP contribution in [0.25, 0.3) is 0 Å². The zero-order chi connectivity index (χ0) is 13.8. The number of hydrogen-bond acceptors (Lipinski definition) is 3. The van der Waals surface area contributed by atoms with Gasteiger partial charge < -0.3 is 9.64 Å². The Balaban J connectivity index is 2.14. The van der Waals surface area contributed by atoms with E-state index in [-0.39, 0.29) is 11.9 Å². The van der Waals surface area contributed by atoms with E-state index in [1.165, 1.54) is 12.8 Å². The lowest BCUT2D eigenvalue weighted by Gasteiger charge is -2.29. The number of carbonyl (C=O) groups is 1. The van der Waals surface area contributed by atoms with Gasteiger partial charge in [-0.3, -0.25) is 9.78 Å². The van der Waals surface area contributed by atoms with Crippen LogP contribution in [0.5, 0.6) is 0 Å². The molecule has 1 aliphatic rings. The Bertz CT molecular complexity index is 449. The summed E-state index contributed by atoms with van der Waals surface area (Å²) >= 11 is 5.92. The molecule has 0 radical (unpaired) electrons.